The lowest BCUT2D eigenvalue weighted by Gasteiger charge is -2.60. The van der Waals surface area contributed by atoms with Crippen LogP contribution in [0.2, 0.25) is 0 Å². The Bertz CT molecular complexity index is 363. The Hall–Kier alpha value is -0.940. The zero-order valence-corrected chi connectivity index (χ0v) is 9.29. The molecule has 0 aromatic heterocycles. The van der Waals surface area contributed by atoms with Crippen molar-refractivity contribution >= 4 is 0 Å². The molecule has 0 amide bonds. The van der Waals surface area contributed by atoms with Crippen molar-refractivity contribution in [1.29, 1.82) is 0 Å². The standard InChI is InChI=1S/C12H16N4/c1-2-4-11(5-3-1)12-15-7-13-6-14(9-15)10-16(12)8-13/h1-5,12H,6-10H2. The van der Waals surface area contributed by atoms with Crippen molar-refractivity contribution < 1.29 is 0 Å². The van der Waals surface area contributed by atoms with Crippen molar-refractivity contribution in [2.24, 2.45) is 0 Å². The van der Waals surface area contributed by atoms with Crippen LogP contribution in [-0.2, 0) is 0 Å². The maximum atomic E-state index is 2.55. The number of nitrogens with zero attached hydrogens (tertiary/aromatic N) is 4. The van der Waals surface area contributed by atoms with Gasteiger partial charge in [-0.1, -0.05) is 30.3 Å². The highest BCUT2D eigenvalue weighted by molar-refractivity contribution is 5.19. The zero-order valence-electron chi connectivity index (χ0n) is 9.29. The Morgan fingerprint density at radius 1 is 0.750 bits per heavy atom. The smallest absolute Gasteiger partial charge is 0.0927 e. The second kappa shape index (κ2) is 3.28. The molecule has 1 aromatic carbocycles. The third-order valence-electron chi connectivity index (χ3n) is 3.72. The molecule has 0 saturated carbocycles. The maximum absolute atomic E-state index is 2.55. The van der Waals surface area contributed by atoms with Gasteiger partial charge in [-0.15, -0.1) is 0 Å². The van der Waals surface area contributed by atoms with Crippen molar-refractivity contribution in [3.05, 3.63) is 35.9 Å². The van der Waals surface area contributed by atoms with Crippen LogP contribution in [0.5, 0.6) is 0 Å². The fourth-order valence-corrected chi connectivity index (χ4v) is 3.26. The van der Waals surface area contributed by atoms with E-state index < -0.39 is 0 Å². The van der Waals surface area contributed by atoms with E-state index in [-0.39, 0.29) is 0 Å². The highest BCUT2D eigenvalue weighted by Gasteiger charge is 2.43. The zero-order chi connectivity index (χ0) is 10.5. The molecule has 16 heavy (non-hydrogen) atoms. The van der Waals surface area contributed by atoms with Gasteiger partial charge in [0.05, 0.1) is 39.5 Å². The van der Waals surface area contributed by atoms with Crippen LogP contribution in [0, 0.1) is 0 Å². The van der Waals surface area contributed by atoms with E-state index in [2.05, 4.69) is 49.9 Å². The molecule has 0 unspecified atom stereocenters. The SMILES string of the molecule is c1ccc(C2N3CN4CN(C3)CN2C4)cc1. The van der Waals surface area contributed by atoms with Gasteiger partial charge in [-0.3, -0.25) is 19.6 Å². The molecule has 0 N–H and O–H groups in total. The molecular weight excluding hydrogens is 200 g/mol. The summed E-state index contributed by atoms with van der Waals surface area (Å²) in [6.45, 7) is 5.62. The quantitative estimate of drug-likeness (QED) is 0.686. The Kier molecular flexibility index (Phi) is 1.87. The minimum Gasteiger partial charge on any atom is -0.264 e. The molecule has 4 aliphatic heterocycles. The highest BCUT2D eigenvalue weighted by Crippen LogP contribution is 2.35. The molecule has 4 saturated heterocycles. The summed E-state index contributed by atoms with van der Waals surface area (Å²) in [6, 6.07) is 10.9. The van der Waals surface area contributed by atoms with Gasteiger partial charge in [-0.05, 0) is 5.56 Å². The average molecular weight is 216 g/mol. The van der Waals surface area contributed by atoms with Crippen LogP contribution >= 0.6 is 0 Å². The monoisotopic (exact) mass is 216 g/mol. The van der Waals surface area contributed by atoms with E-state index in [1.165, 1.54) is 5.56 Å². The summed E-state index contributed by atoms with van der Waals surface area (Å²) in [5.74, 6) is 0. The summed E-state index contributed by atoms with van der Waals surface area (Å²) in [5, 5.41) is 0. The second-order valence-electron chi connectivity index (χ2n) is 5.01. The molecule has 0 radical (unpaired) electrons. The van der Waals surface area contributed by atoms with Gasteiger partial charge in [0, 0.05) is 0 Å². The van der Waals surface area contributed by atoms with Gasteiger partial charge >= 0.3 is 0 Å². The molecule has 4 heterocycles. The summed E-state index contributed by atoms with van der Waals surface area (Å²) in [4.78, 5) is 10.1. The average Bonchev–Trinajstić information content (AvgIpc) is 2.29. The Morgan fingerprint density at radius 2 is 1.31 bits per heavy atom. The Labute approximate surface area is 95.6 Å². The van der Waals surface area contributed by atoms with Crippen LogP contribution in [0.4, 0.5) is 0 Å². The topological polar surface area (TPSA) is 13.0 Å². The van der Waals surface area contributed by atoms with Crippen molar-refractivity contribution in [3.63, 3.8) is 0 Å². The molecule has 4 nitrogen and oxygen atoms in total. The van der Waals surface area contributed by atoms with E-state index in [1.54, 1.807) is 0 Å². The first kappa shape index (κ1) is 9.13. The predicted molar refractivity (Wildman–Crippen MR) is 60.9 cm³/mol. The number of benzene rings is 1. The molecule has 0 atom stereocenters. The van der Waals surface area contributed by atoms with Crippen LogP contribution in [-0.4, -0.2) is 52.9 Å². The van der Waals surface area contributed by atoms with Crippen molar-refractivity contribution in [2.45, 2.75) is 6.17 Å². The van der Waals surface area contributed by atoms with Gasteiger partial charge in [-0.2, -0.15) is 0 Å². The molecule has 1 aromatic rings. The fraction of sp³-hybridized carbons (Fsp3) is 0.500. The molecule has 84 valence electrons. The van der Waals surface area contributed by atoms with Crippen LogP contribution in [0.3, 0.4) is 0 Å². The molecule has 4 heteroatoms. The lowest BCUT2D eigenvalue weighted by Crippen LogP contribution is -2.72. The van der Waals surface area contributed by atoms with E-state index in [0.717, 1.165) is 33.3 Å². The van der Waals surface area contributed by atoms with E-state index in [4.69, 9.17) is 0 Å². The maximum Gasteiger partial charge on any atom is 0.0927 e. The van der Waals surface area contributed by atoms with Crippen LogP contribution in [0.15, 0.2) is 30.3 Å². The number of hydrogen-bond acceptors (Lipinski definition) is 4. The van der Waals surface area contributed by atoms with E-state index in [1.807, 2.05) is 0 Å². The summed E-state index contributed by atoms with van der Waals surface area (Å²) < 4.78 is 0. The van der Waals surface area contributed by atoms with Crippen molar-refractivity contribution in [3.8, 4) is 0 Å². The molecule has 4 fully saturated rings. The minimum atomic E-state index is 0.494. The first-order valence-electron chi connectivity index (χ1n) is 5.88. The number of hydrogen-bond donors (Lipinski definition) is 0. The van der Waals surface area contributed by atoms with E-state index in [0.29, 0.717) is 6.17 Å². The first-order chi connectivity index (χ1) is 7.90. The molecule has 4 bridgehead atoms. The van der Waals surface area contributed by atoms with Gasteiger partial charge in [0.15, 0.2) is 0 Å². The van der Waals surface area contributed by atoms with Crippen LogP contribution in [0.1, 0.15) is 11.7 Å². The lowest BCUT2D eigenvalue weighted by molar-refractivity contribution is -0.233. The number of rotatable bonds is 1. The molecule has 0 spiro atoms. The first-order valence-corrected chi connectivity index (χ1v) is 5.88. The predicted octanol–water partition coefficient (Wildman–Crippen LogP) is 0.721. The van der Waals surface area contributed by atoms with Gasteiger partial charge in [0.2, 0.25) is 0 Å². The second-order valence-corrected chi connectivity index (χ2v) is 5.01. The van der Waals surface area contributed by atoms with Gasteiger partial charge in [0.1, 0.15) is 0 Å². The molecule has 5 rings (SSSR count). The van der Waals surface area contributed by atoms with E-state index >= 15 is 0 Å². The van der Waals surface area contributed by atoms with E-state index in [9.17, 15) is 0 Å². The van der Waals surface area contributed by atoms with Gasteiger partial charge in [-0.25, -0.2) is 0 Å². The van der Waals surface area contributed by atoms with Gasteiger partial charge < -0.3 is 0 Å². The largest absolute Gasteiger partial charge is 0.264 e. The van der Waals surface area contributed by atoms with Gasteiger partial charge in [0.25, 0.3) is 0 Å². The highest BCUT2D eigenvalue weighted by atomic mass is 15.7. The minimum absolute atomic E-state index is 0.494. The van der Waals surface area contributed by atoms with Crippen molar-refractivity contribution in [1.82, 2.24) is 19.6 Å². The summed E-state index contributed by atoms with van der Waals surface area (Å²) >= 11 is 0. The Balaban J connectivity index is 1.70. The third kappa shape index (κ3) is 1.25. The van der Waals surface area contributed by atoms with Crippen LogP contribution < -0.4 is 0 Å². The lowest BCUT2D eigenvalue weighted by atomic mass is 10.1. The molecule has 4 aliphatic rings. The Morgan fingerprint density at radius 3 is 1.88 bits per heavy atom. The van der Waals surface area contributed by atoms with Crippen molar-refractivity contribution in [2.75, 3.05) is 33.3 Å². The normalized spacial score (nSPS) is 44.9. The summed E-state index contributed by atoms with van der Waals surface area (Å²) in [5.41, 5.74) is 1.43. The molecule has 0 aliphatic carbocycles. The summed E-state index contributed by atoms with van der Waals surface area (Å²) in [7, 11) is 0. The summed E-state index contributed by atoms with van der Waals surface area (Å²) in [6.07, 6.45) is 0.494. The van der Waals surface area contributed by atoms with Crippen LogP contribution in [0.25, 0.3) is 0 Å². The molecular formula is C12H16N4. The fourth-order valence-electron chi connectivity index (χ4n) is 3.26. The third-order valence-corrected chi connectivity index (χ3v) is 3.72.